The summed E-state index contributed by atoms with van der Waals surface area (Å²) in [7, 11) is 0. The van der Waals surface area contributed by atoms with Gasteiger partial charge in [0.1, 0.15) is 0 Å². The maximum atomic E-state index is 5.67. The molecule has 0 saturated carbocycles. The third kappa shape index (κ3) is 4.67. The molecule has 0 fully saturated rings. The van der Waals surface area contributed by atoms with Crippen LogP contribution in [-0.2, 0) is 0 Å². The molecule has 0 radical (unpaired) electrons. The van der Waals surface area contributed by atoms with Crippen LogP contribution in [0.5, 0.6) is 0 Å². The smallest absolute Gasteiger partial charge is 0.0250 e. The molecule has 3 N–H and O–H groups in total. The Morgan fingerprint density at radius 1 is 1.31 bits per heavy atom. The normalized spacial score (nSPS) is 18.6. The molecule has 16 heavy (non-hydrogen) atoms. The Hall–Kier alpha value is -0.340. The van der Waals surface area contributed by atoms with Crippen molar-refractivity contribution in [3.05, 3.63) is 11.6 Å². The van der Waals surface area contributed by atoms with Gasteiger partial charge in [-0.3, -0.25) is 11.3 Å². The van der Waals surface area contributed by atoms with Crippen LogP contribution in [0.2, 0.25) is 0 Å². The van der Waals surface area contributed by atoms with Gasteiger partial charge in [-0.2, -0.15) is 0 Å². The summed E-state index contributed by atoms with van der Waals surface area (Å²) >= 11 is 0. The highest BCUT2D eigenvalue weighted by Gasteiger charge is 2.15. The number of allylic oxidation sites excluding steroid dienone is 1. The van der Waals surface area contributed by atoms with Crippen LogP contribution in [0.25, 0.3) is 0 Å². The molecule has 0 spiro atoms. The highest BCUT2D eigenvalue weighted by molar-refractivity contribution is 5.06. The topological polar surface area (TPSA) is 38.0 Å². The van der Waals surface area contributed by atoms with Crippen molar-refractivity contribution >= 4 is 0 Å². The van der Waals surface area contributed by atoms with Crippen molar-refractivity contribution in [1.82, 2.24) is 5.43 Å². The zero-order chi connectivity index (χ0) is 11.8. The zero-order valence-corrected chi connectivity index (χ0v) is 11.0. The Kier molecular flexibility index (Phi) is 6.74. The van der Waals surface area contributed by atoms with Crippen LogP contribution in [0.1, 0.15) is 65.2 Å². The van der Waals surface area contributed by atoms with Gasteiger partial charge in [0.25, 0.3) is 0 Å². The lowest BCUT2D eigenvalue weighted by Gasteiger charge is -2.23. The van der Waals surface area contributed by atoms with E-state index in [1.165, 1.54) is 44.9 Å². The number of nitrogens with two attached hydrogens (primary N) is 1. The summed E-state index contributed by atoms with van der Waals surface area (Å²) in [6.45, 7) is 4.56. The van der Waals surface area contributed by atoms with Crippen LogP contribution in [0.4, 0.5) is 0 Å². The quantitative estimate of drug-likeness (QED) is 0.394. The van der Waals surface area contributed by atoms with E-state index in [1.54, 1.807) is 5.57 Å². The molecule has 1 unspecified atom stereocenters. The van der Waals surface area contributed by atoms with Gasteiger partial charge in [0.15, 0.2) is 0 Å². The van der Waals surface area contributed by atoms with Gasteiger partial charge in [-0.25, -0.2) is 0 Å². The predicted octanol–water partition coefficient (Wildman–Crippen LogP) is 3.54. The molecule has 1 aliphatic carbocycles. The fourth-order valence-corrected chi connectivity index (χ4v) is 2.64. The average Bonchev–Trinajstić information content (AvgIpc) is 2.35. The Morgan fingerprint density at radius 2 is 2.06 bits per heavy atom. The fourth-order valence-electron chi connectivity index (χ4n) is 2.64. The van der Waals surface area contributed by atoms with Crippen molar-refractivity contribution in [3.63, 3.8) is 0 Å². The van der Waals surface area contributed by atoms with E-state index in [-0.39, 0.29) is 0 Å². The van der Waals surface area contributed by atoms with Crippen molar-refractivity contribution in [1.29, 1.82) is 0 Å². The monoisotopic (exact) mass is 224 g/mol. The highest BCUT2D eigenvalue weighted by Crippen LogP contribution is 2.24. The van der Waals surface area contributed by atoms with E-state index in [9.17, 15) is 0 Å². The molecule has 0 aliphatic heterocycles. The first kappa shape index (κ1) is 13.7. The highest BCUT2D eigenvalue weighted by atomic mass is 15.2. The van der Waals surface area contributed by atoms with E-state index in [0.717, 1.165) is 12.3 Å². The molecule has 2 nitrogen and oxygen atoms in total. The second-order valence-corrected chi connectivity index (χ2v) is 5.09. The van der Waals surface area contributed by atoms with Crippen molar-refractivity contribution < 1.29 is 0 Å². The predicted molar refractivity (Wildman–Crippen MR) is 71.0 cm³/mol. The molecule has 0 heterocycles. The average molecular weight is 224 g/mol. The van der Waals surface area contributed by atoms with Crippen LogP contribution in [0.3, 0.4) is 0 Å². The number of hydrogen-bond acceptors (Lipinski definition) is 2. The lowest BCUT2D eigenvalue weighted by Crippen LogP contribution is -2.37. The fraction of sp³-hybridized carbons (Fsp3) is 0.857. The van der Waals surface area contributed by atoms with E-state index in [2.05, 4.69) is 25.3 Å². The summed E-state index contributed by atoms with van der Waals surface area (Å²) in [5, 5.41) is 0. The molecular weight excluding hydrogens is 196 g/mol. The summed E-state index contributed by atoms with van der Waals surface area (Å²) in [5.74, 6) is 6.49. The number of hydrogen-bond donors (Lipinski definition) is 2. The van der Waals surface area contributed by atoms with Crippen molar-refractivity contribution in [2.45, 2.75) is 71.3 Å². The Labute approximate surface area is 101 Å². The molecule has 0 aromatic heterocycles. The summed E-state index contributed by atoms with van der Waals surface area (Å²) in [6, 6.07) is 0.481. The third-order valence-corrected chi connectivity index (χ3v) is 3.90. The van der Waals surface area contributed by atoms with Crippen LogP contribution in [-0.4, -0.2) is 6.04 Å². The minimum atomic E-state index is 0.481. The molecule has 0 aromatic carbocycles. The lowest BCUT2D eigenvalue weighted by molar-refractivity contribution is 0.363. The van der Waals surface area contributed by atoms with Gasteiger partial charge in [-0.15, -0.1) is 0 Å². The molecule has 0 saturated heterocycles. The van der Waals surface area contributed by atoms with Crippen molar-refractivity contribution in [3.8, 4) is 0 Å². The van der Waals surface area contributed by atoms with E-state index >= 15 is 0 Å². The van der Waals surface area contributed by atoms with Gasteiger partial charge in [0.05, 0.1) is 0 Å². The summed E-state index contributed by atoms with van der Waals surface area (Å²) in [4.78, 5) is 0. The minimum Gasteiger partial charge on any atom is -0.271 e. The standard InChI is InChI=1S/C14H28N2/c1-3-12(4-2)10-14(16-15)11-13-8-6-5-7-9-13/h8,12,14,16H,3-7,9-11,15H2,1-2H3. The first-order valence-corrected chi connectivity index (χ1v) is 6.94. The van der Waals surface area contributed by atoms with Crippen molar-refractivity contribution in [2.75, 3.05) is 0 Å². The summed E-state index contributed by atoms with van der Waals surface area (Å²) < 4.78 is 0. The lowest BCUT2D eigenvalue weighted by atomic mass is 9.88. The zero-order valence-electron chi connectivity index (χ0n) is 11.0. The Balaban J connectivity index is 2.38. The van der Waals surface area contributed by atoms with Crippen LogP contribution in [0, 0.1) is 5.92 Å². The summed E-state index contributed by atoms with van der Waals surface area (Å²) in [6.07, 6.45) is 12.7. The summed E-state index contributed by atoms with van der Waals surface area (Å²) in [5.41, 5.74) is 4.63. The van der Waals surface area contributed by atoms with Crippen molar-refractivity contribution in [2.24, 2.45) is 11.8 Å². The van der Waals surface area contributed by atoms with Crippen LogP contribution >= 0.6 is 0 Å². The minimum absolute atomic E-state index is 0.481. The number of hydrazine groups is 1. The van der Waals surface area contributed by atoms with Gasteiger partial charge in [0.2, 0.25) is 0 Å². The number of nitrogens with one attached hydrogen (secondary N) is 1. The van der Waals surface area contributed by atoms with Gasteiger partial charge >= 0.3 is 0 Å². The Morgan fingerprint density at radius 3 is 2.56 bits per heavy atom. The van der Waals surface area contributed by atoms with E-state index in [1.807, 2.05) is 0 Å². The molecule has 0 aromatic rings. The van der Waals surface area contributed by atoms with Gasteiger partial charge in [-0.05, 0) is 44.4 Å². The SMILES string of the molecule is CCC(CC)CC(CC1=CCCCC1)NN. The van der Waals surface area contributed by atoms with Crippen LogP contribution in [0.15, 0.2) is 11.6 Å². The molecule has 0 amide bonds. The van der Waals surface area contributed by atoms with Gasteiger partial charge < -0.3 is 0 Å². The molecule has 2 heteroatoms. The molecule has 1 atom stereocenters. The molecule has 94 valence electrons. The van der Waals surface area contributed by atoms with E-state index in [0.29, 0.717) is 6.04 Å². The van der Waals surface area contributed by atoms with Gasteiger partial charge in [-0.1, -0.05) is 38.3 Å². The molecular formula is C14H28N2. The van der Waals surface area contributed by atoms with Crippen LogP contribution < -0.4 is 11.3 Å². The molecule has 0 bridgehead atoms. The maximum Gasteiger partial charge on any atom is 0.0250 e. The maximum absolute atomic E-state index is 5.67. The second-order valence-electron chi connectivity index (χ2n) is 5.09. The largest absolute Gasteiger partial charge is 0.271 e. The first-order valence-electron chi connectivity index (χ1n) is 6.94. The number of rotatable bonds is 7. The van der Waals surface area contributed by atoms with E-state index in [4.69, 9.17) is 5.84 Å². The molecule has 1 rings (SSSR count). The van der Waals surface area contributed by atoms with E-state index < -0.39 is 0 Å². The first-order chi connectivity index (χ1) is 7.80. The second kappa shape index (κ2) is 7.86. The molecule has 1 aliphatic rings. The third-order valence-electron chi connectivity index (χ3n) is 3.90. The Bertz CT molecular complexity index is 207. The van der Waals surface area contributed by atoms with Gasteiger partial charge in [0, 0.05) is 6.04 Å².